The van der Waals surface area contributed by atoms with Gasteiger partial charge in [-0.1, -0.05) is 17.7 Å². The summed E-state index contributed by atoms with van der Waals surface area (Å²) in [5.74, 6) is -1.56. The summed E-state index contributed by atoms with van der Waals surface area (Å²) in [7, 11) is 3.29. The second-order valence-corrected chi connectivity index (χ2v) is 15.5. The molecule has 3 aromatic heterocycles. The van der Waals surface area contributed by atoms with Crippen molar-refractivity contribution in [3.8, 4) is 23.2 Å². The maximum absolute atomic E-state index is 17.3. The molecular formula is C37H33ClF3N9O4S. The summed E-state index contributed by atoms with van der Waals surface area (Å²) >= 11 is 7.62. The molecule has 0 bridgehead atoms. The Morgan fingerprint density at radius 3 is 2.75 bits per heavy atom. The molecule has 55 heavy (non-hydrogen) atoms. The quantitative estimate of drug-likeness (QED) is 0.173. The van der Waals surface area contributed by atoms with E-state index < -0.39 is 23.3 Å². The van der Waals surface area contributed by atoms with Gasteiger partial charge in [0.15, 0.2) is 11.5 Å². The van der Waals surface area contributed by atoms with Crippen molar-refractivity contribution in [2.45, 2.75) is 44.3 Å². The number of carbonyl (C=O) groups excluding carboxylic acids is 1. The molecule has 2 N–H and O–H groups in total. The lowest BCUT2D eigenvalue weighted by atomic mass is 9.94. The number of ether oxygens (including phenoxy) is 1. The van der Waals surface area contributed by atoms with Crippen LogP contribution in [0.1, 0.15) is 47.4 Å². The van der Waals surface area contributed by atoms with Crippen LogP contribution in [0.5, 0.6) is 6.01 Å². The Morgan fingerprint density at radius 1 is 1.18 bits per heavy atom. The molecule has 0 spiro atoms. The Bertz CT molecular complexity index is 2500. The lowest BCUT2D eigenvalue weighted by molar-refractivity contribution is 0.0821. The van der Waals surface area contributed by atoms with Crippen molar-refractivity contribution in [3.05, 3.63) is 69.8 Å². The highest BCUT2D eigenvalue weighted by Gasteiger charge is 2.47. The number of nitrogens with zero attached hydrogens (tertiary/aromatic N) is 8. The molecule has 1 unspecified atom stereocenters. The fraction of sp³-hybridized carbons (Fsp3) is 0.351. The number of rotatable bonds is 7. The van der Waals surface area contributed by atoms with Gasteiger partial charge in [-0.05, 0) is 61.6 Å². The van der Waals surface area contributed by atoms with Crippen LogP contribution >= 0.6 is 22.9 Å². The Kier molecular flexibility index (Phi) is 9.30. The number of thiophene rings is 1. The van der Waals surface area contributed by atoms with E-state index in [9.17, 15) is 24.3 Å². The van der Waals surface area contributed by atoms with Gasteiger partial charge < -0.3 is 19.6 Å². The number of amides is 2. The van der Waals surface area contributed by atoms with E-state index in [4.69, 9.17) is 21.3 Å². The molecule has 0 aliphatic carbocycles. The van der Waals surface area contributed by atoms with Gasteiger partial charge in [0.1, 0.15) is 34.8 Å². The molecule has 0 radical (unpaired) electrons. The van der Waals surface area contributed by atoms with Crippen LogP contribution in [0, 0.1) is 23.0 Å². The van der Waals surface area contributed by atoms with E-state index in [-0.39, 0.29) is 78.5 Å². The maximum atomic E-state index is 17.3. The molecule has 6 heterocycles. The second-order valence-electron chi connectivity index (χ2n) is 14.1. The summed E-state index contributed by atoms with van der Waals surface area (Å²) < 4.78 is 54.2. The fourth-order valence-electron chi connectivity index (χ4n) is 8.01. The number of nitrogens with one attached hydrogen (secondary N) is 1. The number of carbonyl (C=O) groups is 2. The molecule has 3 aliphatic heterocycles. The summed E-state index contributed by atoms with van der Waals surface area (Å²) in [4.78, 5) is 39.2. The average molecular weight is 792 g/mol. The Labute approximate surface area is 321 Å². The molecule has 0 saturated carbocycles. The average Bonchev–Trinajstić information content (AvgIpc) is 3.89. The number of halogens is 4. The monoisotopic (exact) mass is 791 g/mol. The molecule has 1 atom stereocenters. The maximum Gasteiger partial charge on any atom is 0.409 e. The number of aromatic nitrogens is 4. The predicted molar refractivity (Wildman–Crippen MR) is 200 cm³/mol. The topological polar surface area (TPSA) is 153 Å². The SMILES string of the molecule is CN(C)C(=O)c1cc2n(n1)CCCN(c1nc(OCC34CCCN3C/C(=C\F)C4)nc3c(F)c(-c4ccc(F)c5sc(NC(=O)O)c(C#N)c45)c(Cl)cc13)C2. The lowest BCUT2D eigenvalue weighted by Crippen LogP contribution is -2.43. The molecule has 18 heteroatoms. The first-order valence-corrected chi connectivity index (χ1v) is 18.6. The molecule has 13 nitrogen and oxygen atoms in total. The van der Waals surface area contributed by atoms with E-state index in [1.807, 2.05) is 11.0 Å². The van der Waals surface area contributed by atoms with Gasteiger partial charge in [0.05, 0.1) is 39.4 Å². The van der Waals surface area contributed by atoms with Gasteiger partial charge in [-0.25, -0.2) is 18.0 Å². The van der Waals surface area contributed by atoms with Crippen molar-refractivity contribution in [1.29, 1.82) is 5.26 Å². The molecule has 2 saturated heterocycles. The van der Waals surface area contributed by atoms with Crippen LogP contribution in [-0.2, 0) is 13.1 Å². The van der Waals surface area contributed by atoms with Crippen molar-refractivity contribution >= 4 is 66.7 Å². The standard InChI is InChI=1S/C37H33ClF3N9O4S/c1-47(2)34(51)26-11-20-17-48(8-4-10-50(20)46-26)32-22-12-24(38)28(21-5-6-25(40)31-27(21)23(15-42)33(55-31)45-36(52)53)29(41)30(22)43-35(44-32)54-18-37-7-3-9-49(37)16-19(13-37)14-39/h5-6,11-12,14,45H,3-4,7-10,13,16-18H2,1-2H3,(H,52,53)/b19-14-. The molecule has 3 aliphatic rings. The highest BCUT2D eigenvalue weighted by Crippen LogP contribution is 2.47. The minimum Gasteiger partial charge on any atom is -0.465 e. The van der Waals surface area contributed by atoms with Crippen molar-refractivity contribution in [3.63, 3.8) is 0 Å². The van der Waals surface area contributed by atoms with Gasteiger partial charge in [0.2, 0.25) is 0 Å². The summed E-state index contributed by atoms with van der Waals surface area (Å²) in [5.41, 5.74) is 0.743. The summed E-state index contributed by atoms with van der Waals surface area (Å²) in [5, 5.41) is 26.2. The summed E-state index contributed by atoms with van der Waals surface area (Å²) in [6.07, 6.45) is 1.94. The van der Waals surface area contributed by atoms with Gasteiger partial charge in [0.25, 0.3) is 5.91 Å². The zero-order valence-corrected chi connectivity index (χ0v) is 31.2. The third-order valence-corrected chi connectivity index (χ3v) is 11.9. The predicted octanol–water partition coefficient (Wildman–Crippen LogP) is 7.18. The van der Waals surface area contributed by atoms with Gasteiger partial charge in [-0.3, -0.25) is 19.7 Å². The van der Waals surface area contributed by atoms with Crippen LogP contribution in [0.15, 0.2) is 36.2 Å². The lowest BCUT2D eigenvalue weighted by Gasteiger charge is -2.31. The van der Waals surface area contributed by atoms with Gasteiger partial charge >= 0.3 is 12.1 Å². The van der Waals surface area contributed by atoms with Crippen LogP contribution < -0.4 is 15.0 Å². The van der Waals surface area contributed by atoms with Crippen molar-refractivity contribution in [2.24, 2.45) is 0 Å². The van der Waals surface area contributed by atoms with E-state index in [2.05, 4.69) is 20.3 Å². The first-order valence-electron chi connectivity index (χ1n) is 17.5. The molecule has 5 aromatic rings. The largest absolute Gasteiger partial charge is 0.465 e. The third-order valence-electron chi connectivity index (χ3n) is 10.5. The molecule has 2 amide bonds. The minimum absolute atomic E-state index is 0.00983. The number of hydrogen-bond donors (Lipinski definition) is 2. The van der Waals surface area contributed by atoms with Crippen molar-refractivity contribution < 1.29 is 32.6 Å². The minimum atomic E-state index is -1.46. The highest BCUT2D eigenvalue weighted by atomic mass is 35.5. The Balaban J connectivity index is 1.28. The van der Waals surface area contributed by atoms with E-state index >= 15 is 8.78 Å². The normalized spacial score (nSPS) is 19.1. The van der Waals surface area contributed by atoms with E-state index in [0.717, 1.165) is 31.1 Å². The fourth-order valence-corrected chi connectivity index (χ4v) is 9.38. The number of fused-ring (bicyclic) bond motifs is 4. The highest BCUT2D eigenvalue weighted by molar-refractivity contribution is 7.23. The number of anilines is 2. The second kappa shape index (κ2) is 14.0. The number of aryl methyl sites for hydroxylation is 1. The smallest absolute Gasteiger partial charge is 0.409 e. The van der Waals surface area contributed by atoms with Gasteiger partial charge in [0, 0.05) is 50.1 Å². The summed E-state index contributed by atoms with van der Waals surface area (Å²) in [6, 6.07) is 7.43. The number of carboxylic acid groups (broad SMARTS) is 1. The first kappa shape index (κ1) is 36.5. The third kappa shape index (κ3) is 6.27. The Morgan fingerprint density at radius 2 is 2.00 bits per heavy atom. The number of hydrogen-bond acceptors (Lipinski definition) is 10. The molecular weight excluding hydrogens is 759 g/mol. The zero-order chi connectivity index (χ0) is 38.8. The Hall–Kier alpha value is -5.44. The van der Waals surface area contributed by atoms with Crippen LogP contribution in [0.3, 0.4) is 0 Å². The molecule has 2 aromatic carbocycles. The molecule has 2 fully saturated rings. The first-order chi connectivity index (χ1) is 26.4. The van der Waals surface area contributed by atoms with E-state index in [1.165, 1.54) is 17.0 Å². The van der Waals surface area contributed by atoms with Crippen molar-refractivity contribution in [1.82, 2.24) is 29.5 Å². The van der Waals surface area contributed by atoms with E-state index in [0.29, 0.717) is 61.5 Å². The molecule has 284 valence electrons. The molecule has 8 rings (SSSR count). The summed E-state index contributed by atoms with van der Waals surface area (Å²) in [6.45, 7) is 2.63. The van der Waals surface area contributed by atoms with Gasteiger partial charge in [-0.15, -0.1) is 11.3 Å². The van der Waals surface area contributed by atoms with Crippen LogP contribution in [0.25, 0.3) is 32.1 Å². The zero-order valence-electron chi connectivity index (χ0n) is 29.6. The van der Waals surface area contributed by atoms with Gasteiger partial charge in [-0.2, -0.15) is 20.3 Å². The number of benzene rings is 2. The van der Waals surface area contributed by atoms with Crippen LogP contribution in [0.2, 0.25) is 5.02 Å². The van der Waals surface area contributed by atoms with E-state index in [1.54, 1.807) is 24.8 Å². The van der Waals surface area contributed by atoms with Crippen LogP contribution in [-0.4, -0.2) is 92.5 Å². The van der Waals surface area contributed by atoms with Crippen molar-refractivity contribution in [2.75, 3.05) is 50.6 Å². The van der Waals surface area contributed by atoms with Crippen LogP contribution in [0.4, 0.5) is 28.8 Å². The number of nitriles is 1.